The molecule has 0 radical (unpaired) electrons. The Morgan fingerprint density at radius 2 is 0.488 bits per heavy atom. The van der Waals surface area contributed by atoms with Crippen LogP contribution in [0.1, 0.15) is 75.3 Å². The lowest BCUT2D eigenvalue weighted by Crippen LogP contribution is -2.15. The molecule has 0 saturated heterocycles. The maximum Gasteiger partial charge on any atom is 0.162 e. The van der Waals surface area contributed by atoms with Crippen LogP contribution in [0.4, 0.5) is 0 Å². The Balaban J connectivity index is 0.000000108. The van der Waals surface area contributed by atoms with E-state index < -0.39 is 0 Å². The summed E-state index contributed by atoms with van der Waals surface area (Å²) in [6.07, 6.45) is 0. The van der Waals surface area contributed by atoms with Crippen LogP contribution in [-0.2, 0) is 16.2 Å². The summed E-state index contributed by atoms with van der Waals surface area (Å²) in [4.78, 5) is 20.4. The minimum atomic E-state index is -0.0996. The Bertz CT molecular complexity index is 8170. The van der Waals surface area contributed by atoms with E-state index in [1.54, 1.807) is 0 Å². The van der Waals surface area contributed by atoms with Crippen molar-refractivity contribution in [2.45, 2.75) is 57.8 Å². The first kappa shape index (κ1) is 76.4. The zero-order chi connectivity index (χ0) is 86.4. The molecule has 614 valence electrons. The summed E-state index contributed by atoms with van der Waals surface area (Å²) in [7, 11) is 0. The second kappa shape index (κ2) is 30.0. The number of fused-ring (bicyclic) bond motifs is 21. The van der Waals surface area contributed by atoms with Gasteiger partial charge >= 0.3 is 0 Å². The summed E-state index contributed by atoms with van der Waals surface area (Å²) in [5.41, 5.74) is 36.1. The van der Waals surface area contributed by atoms with E-state index in [1.165, 1.54) is 139 Å². The van der Waals surface area contributed by atoms with Crippen molar-refractivity contribution in [3.8, 4) is 124 Å². The minimum Gasteiger partial charge on any atom is -0.298 e. The number of aromatic nitrogens is 10. The zero-order valence-electron chi connectivity index (χ0n) is 72.4. The molecule has 10 heteroatoms. The largest absolute Gasteiger partial charge is 0.298 e. The quantitative estimate of drug-likeness (QED) is 0.129. The first-order valence-electron chi connectivity index (χ1n) is 44.5. The molecule has 0 fully saturated rings. The standard InChI is InChI=1S/C43H32N2.C41H30N4.C35H26N4/c1-43(2)38-18-10-12-20-40(38)45-41(43)28-37-36-17-9-11-19-39(36)44(42(37)45)35-23-21-31(22-24-35)34-26-32(29-13-5-3-6-14-29)25-33(27-34)30-15-7-4-8-16-30;1-41(2)33-21-10-12-23-37(33)45-38(41)25-32-31-20-9-11-22-36(31)44(40(32)45)30-19-13-18-29(24-30)35-26-34(27-14-5-3-6-15-27)42-39(43-35)28-16-7-4-8-17-28;1-35(2)27-18-10-12-20-30(27)38-31(35)21-26-25-17-9-11-19-29(25)39(34(26)38)32-22-28(23-13-5-3-6-14-23)36-33(37-32)24-15-7-4-8-16-24/h3-28H,1-2H3;3-26H,1-2H3;3-22H,1-2H3. The fraction of sp³-hybridized carbons (Fsp3) is 0.0756. The fourth-order valence-electron chi connectivity index (χ4n) is 20.7. The van der Waals surface area contributed by atoms with Crippen LogP contribution in [0, 0.1) is 0 Å². The molecule has 0 unspecified atom stereocenters. The minimum absolute atomic E-state index is 0.0639. The molecule has 0 bridgehead atoms. The average molecular weight is 1660 g/mol. The highest BCUT2D eigenvalue weighted by Gasteiger charge is 2.42. The molecule has 23 aromatic rings. The highest BCUT2D eigenvalue weighted by molar-refractivity contribution is 6.13. The van der Waals surface area contributed by atoms with Crippen LogP contribution in [-0.4, -0.2) is 47.3 Å². The highest BCUT2D eigenvalue weighted by atomic mass is 15.2. The van der Waals surface area contributed by atoms with Gasteiger partial charge in [-0.05, 0) is 153 Å². The van der Waals surface area contributed by atoms with Gasteiger partial charge in [-0.1, -0.05) is 357 Å². The molecule has 3 aliphatic rings. The van der Waals surface area contributed by atoms with Gasteiger partial charge in [0.05, 0.1) is 50.7 Å². The van der Waals surface area contributed by atoms with E-state index in [0.29, 0.717) is 5.82 Å². The first-order chi connectivity index (χ1) is 63.3. The predicted octanol–water partition coefficient (Wildman–Crippen LogP) is 29.6. The molecule has 129 heavy (non-hydrogen) atoms. The number of nitrogens with zero attached hydrogens (tertiary/aromatic N) is 10. The summed E-state index contributed by atoms with van der Waals surface area (Å²) in [6, 6.07) is 151. The highest BCUT2D eigenvalue weighted by Crippen LogP contribution is 2.53. The fourth-order valence-corrected chi connectivity index (χ4v) is 20.7. The zero-order valence-corrected chi connectivity index (χ0v) is 72.4. The van der Waals surface area contributed by atoms with Gasteiger partial charge in [-0.15, -0.1) is 0 Å². The third-order valence-electron chi connectivity index (χ3n) is 27.1. The van der Waals surface area contributed by atoms with Crippen molar-refractivity contribution in [2.75, 3.05) is 0 Å². The maximum atomic E-state index is 5.21. The van der Waals surface area contributed by atoms with Crippen molar-refractivity contribution < 1.29 is 0 Å². The molecule has 0 atom stereocenters. The van der Waals surface area contributed by atoms with Crippen molar-refractivity contribution >= 4 is 65.8 Å². The lowest BCUT2D eigenvalue weighted by molar-refractivity contribution is 0.644. The third kappa shape index (κ3) is 12.4. The molecule has 15 aromatic carbocycles. The predicted molar refractivity (Wildman–Crippen MR) is 531 cm³/mol. The van der Waals surface area contributed by atoms with E-state index in [-0.39, 0.29) is 16.2 Å². The van der Waals surface area contributed by atoms with Gasteiger partial charge in [0.15, 0.2) is 11.6 Å². The second-order valence-corrected chi connectivity index (χ2v) is 35.8. The summed E-state index contributed by atoms with van der Waals surface area (Å²) >= 11 is 0. The van der Waals surface area contributed by atoms with E-state index in [9.17, 15) is 0 Å². The molecule has 8 aromatic heterocycles. The van der Waals surface area contributed by atoms with Gasteiger partial charge in [0, 0.05) is 111 Å². The van der Waals surface area contributed by atoms with Crippen LogP contribution in [0.3, 0.4) is 0 Å². The third-order valence-corrected chi connectivity index (χ3v) is 27.1. The second-order valence-electron chi connectivity index (χ2n) is 35.8. The SMILES string of the molecule is CC1(C)c2ccccc2-n2c1cc1c3ccccc3n(-c3cc(-c4ccccc4)nc(-c4ccccc4)n3)c12.CC1(C)c2ccccc2-n2c1cc1c3ccccc3n(-c3ccc(-c4cc(-c5ccccc5)cc(-c5ccccc5)c4)cc3)c12.CC1(C)c2ccccc2-n2c1cc1c3ccccc3n(-c3cccc(-c4cc(-c5ccccc5)nc(-c5ccccc5)n4)c3)c12. The van der Waals surface area contributed by atoms with Crippen LogP contribution in [0.2, 0.25) is 0 Å². The topological polar surface area (TPSA) is 81.1 Å². The van der Waals surface area contributed by atoms with E-state index in [4.69, 9.17) is 19.9 Å². The molecule has 0 saturated carbocycles. The summed E-state index contributed by atoms with van der Waals surface area (Å²) in [6.45, 7) is 14.0. The molecular formula is C119H88N10. The summed E-state index contributed by atoms with van der Waals surface area (Å²) < 4.78 is 14.6. The number of para-hydroxylation sites is 6. The molecule has 0 amide bonds. The summed E-state index contributed by atoms with van der Waals surface area (Å²) in [5, 5.41) is 7.58. The van der Waals surface area contributed by atoms with Gasteiger partial charge < -0.3 is 0 Å². The number of hydrogen-bond donors (Lipinski definition) is 0. The summed E-state index contributed by atoms with van der Waals surface area (Å²) in [5.74, 6) is 2.29. The molecule has 11 heterocycles. The van der Waals surface area contributed by atoms with Crippen LogP contribution in [0.5, 0.6) is 0 Å². The number of rotatable bonds is 11. The van der Waals surface area contributed by atoms with E-state index in [1.807, 2.05) is 48.5 Å². The Kier molecular flexibility index (Phi) is 17.7. The van der Waals surface area contributed by atoms with Crippen molar-refractivity contribution in [2.24, 2.45) is 0 Å². The molecule has 0 spiro atoms. The van der Waals surface area contributed by atoms with Gasteiger partial charge in [-0.25, -0.2) is 19.9 Å². The van der Waals surface area contributed by atoms with Crippen LogP contribution >= 0.6 is 0 Å². The van der Waals surface area contributed by atoms with Crippen LogP contribution in [0.15, 0.2) is 425 Å². The number of benzene rings is 15. The maximum absolute atomic E-state index is 5.21. The van der Waals surface area contributed by atoms with Crippen LogP contribution < -0.4 is 0 Å². The van der Waals surface area contributed by atoms with Gasteiger partial charge in [-0.3, -0.25) is 27.4 Å². The smallest absolute Gasteiger partial charge is 0.162 e. The van der Waals surface area contributed by atoms with Crippen molar-refractivity contribution in [1.82, 2.24) is 47.3 Å². The molecule has 26 rings (SSSR count). The van der Waals surface area contributed by atoms with Gasteiger partial charge in [0.25, 0.3) is 0 Å². The Morgan fingerprint density at radius 3 is 0.899 bits per heavy atom. The normalized spacial score (nSPS) is 13.4. The monoisotopic (exact) mass is 1660 g/mol. The molecule has 10 nitrogen and oxygen atoms in total. The van der Waals surface area contributed by atoms with E-state index in [2.05, 4.69) is 445 Å². The Morgan fingerprint density at radius 1 is 0.186 bits per heavy atom. The van der Waals surface area contributed by atoms with Crippen molar-refractivity contribution in [3.63, 3.8) is 0 Å². The lowest BCUT2D eigenvalue weighted by atomic mass is 9.83. The Hall–Kier alpha value is -16.3. The van der Waals surface area contributed by atoms with Crippen LogP contribution in [0.25, 0.3) is 190 Å². The molecule has 0 N–H and O–H groups in total. The lowest BCUT2D eigenvalue weighted by Gasteiger charge is -2.18. The van der Waals surface area contributed by atoms with Crippen molar-refractivity contribution in [1.29, 1.82) is 0 Å². The Labute approximate surface area is 748 Å². The average Bonchev–Trinajstić information content (AvgIpc) is 1.54. The number of hydrogen-bond acceptors (Lipinski definition) is 4. The van der Waals surface area contributed by atoms with Gasteiger partial charge in [-0.2, -0.15) is 0 Å². The van der Waals surface area contributed by atoms with E-state index in [0.717, 1.165) is 79.1 Å². The van der Waals surface area contributed by atoms with Gasteiger partial charge in [0.2, 0.25) is 0 Å². The van der Waals surface area contributed by atoms with Gasteiger partial charge in [0.1, 0.15) is 22.8 Å². The van der Waals surface area contributed by atoms with Crippen molar-refractivity contribution in [3.05, 3.63) is 458 Å². The molecule has 3 aliphatic heterocycles. The molecular weight excluding hydrogens is 1570 g/mol. The first-order valence-corrected chi connectivity index (χ1v) is 44.5. The molecule has 0 aliphatic carbocycles. The van der Waals surface area contributed by atoms with E-state index >= 15 is 0 Å².